The minimum absolute atomic E-state index is 0.167. The van der Waals surface area contributed by atoms with Crippen LogP contribution in [0.5, 0.6) is 11.5 Å². The van der Waals surface area contributed by atoms with E-state index in [0.717, 1.165) is 30.1 Å². The highest BCUT2D eigenvalue weighted by atomic mass is 16.5. The van der Waals surface area contributed by atoms with Gasteiger partial charge in [0.25, 0.3) is 0 Å². The monoisotopic (exact) mass is 435 g/mol. The van der Waals surface area contributed by atoms with Crippen molar-refractivity contribution in [2.45, 2.75) is 66.2 Å². The van der Waals surface area contributed by atoms with Crippen LogP contribution >= 0.6 is 0 Å². The van der Waals surface area contributed by atoms with Crippen LogP contribution in [0.3, 0.4) is 0 Å². The smallest absolute Gasteiger partial charge is 0.161 e. The van der Waals surface area contributed by atoms with Crippen LogP contribution in [0.2, 0.25) is 0 Å². The zero-order valence-corrected chi connectivity index (χ0v) is 20.5. The number of aliphatic hydroxyl groups excluding tert-OH is 1. The van der Waals surface area contributed by atoms with Gasteiger partial charge in [-0.05, 0) is 76.9 Å². The minimum Gasteiger partial charge on any atom is -0.513 e. The first-order chi connectivity index (χ1) is 15.1. The maximum atomic E-state index is 8.00. The zero-order valence-electron chi connectivity index (χ0n) is 20.5. The molecule has 5 heteroatoms. The van der Waals surface area contributed by atoms with Gasteiger partial charge in [0.2, 0.25) is 0 Å². The number of nitrogens with zero attached hydrogens (tertiary/aromatic N) is 1. The summed E-state index contributed by atoms with van der Waals surface area (Å²) in [5.41, 5.74) is 1.14. The van der Waals surface area contributed by atoms with Crippen LogP contribution in [0, 0.1) is 0 Å². The summed E-state index contributed by atoms with van der Waals surface area (Å²) >= 11 is 0. The Kier molecular flexibility index (Phi) is 22.4. The second-order valence-corrected chi connectivity index (χ2v) is 6.96. The highest BCUT2D eigenvalue weighted by molar-refractivity contribution is 5.55. The molecule has 1 aliphatic heterocycles. The molecule has 1 saturated heterocycles. The van der Waals surface area contributed by atoms with Crippen molar-refractivity contribution >= 4 is 12.9 Å². The summed E-state index contributed by atoms with van der Waals surface area (Å²) in [6.45, 7) is 17.2. The fourth-order valence-corrected chi connectivity index (χ4v) is 3.08. The molecule has 0 bridgehead atoms. The normalized spacial score (nSPS) is 13.3. The van der Waals surface area contributed by atoms with Crippen LogP contribution in [0.4, 0.5) is 0 Å². The Hall–Kier alpha value is -2.27. The molecule has 0 spiro atoms. The predicted octanol–water partition coefficient (Wildman–Crippen LogP) is 6.68. The lowest BCUT2D eigenvalue weighted by Gasteiger charge is -2.19. The highest BCUT2D eigenvalue weighted by Gasteiger charge is 2.08. The molecule has 0 amide bonds. The van der Waals surface area contributed by atoms with Crippen molar-refractivity contribution in [2.75, 3.05) is 33.4 Å². The average Bonchev–Trinajstić information content (AvgIpc) is 3.06. The number of ether oxygens (including phenoxy) is 2. The molecule has 31 heavy (non-hydrogen) atoms. The predicted molar refractivity (Wildman–Crippen MR) is 133 cm³/mol. The van der Waals surface area contributed by atoms with Gasteiger partial charge in [0.1, 0.15) is 6.79 Å². The first kappa shape index (κ1) is 30.9. The molecule has 2 rings (SSSR count). The van der Waals surface area contributed by atoms with Gasteiger partial charge in [-0.15, -0.1) is 0 Å². The molecule has 1 heterocycles. The van der Waals surface area contributed by atoms with Crippen molar-refractivity contribution in [3.8, 4) is 11.5 Å². The lowest BCUT2D eigenvalue weighted by atomic mass is 10.2. The molecule has 0 saturated carbocycles. The maximum absolute atomic E-state index is 8.00. The molecular formula is C26H45NO4. The first-order valence-corrected chi connectivity index (χ1v) is 11.4. The minimum atomic E-state index is 0.167. The van der Waals surface area contributed by atoms with E-state index in [0.29, 0.717) is 0 Å². The van der Waals surface area contributed by atoms with Crippen LogP contribution in [-0.4, -0.2) is 50.1 Å². The van der Waals surface area contributed by atoms with E-state index in [9.17, 15) is 0 Å². The number of carbonyl (C=O) groups is 1. The summed E-state index contributed by atoms with van der Waals surface area (Å²) in [5.74, 6) is 1.82. The molecular weight excluding hydrogens is 390 g/mol. The number of hydrogen-bond acceptors (Lipinski definition) is 5. The van der Waals surface area contributed by atoms with Gasteiger partial charge in [0.15, 0.2) is 11.5 Å². The van der Waals surface area contributed by atoms with Gasteiger partial charge in [-0.25, -0.2) is 0 Å². The molecule has 0 aliphatic carbocycles. The molecule has 1 aliphatic rings. The third-order valence-electron chi connectivity index (χ3n) is 4.37. The molecule has 1 aromatic rings. The van der Waals surface area contributed by atoms with Gasteiger partial charge < -0.3 is 24.3 Å². The van der Waals surface area contributed by atoms with Crippen LogP contribution in [-0.2, 0) is 4.79 Å². The Morgan fingerprint density at radius 3 is 2.19 bits per heavy atom. The van der Waals surface area contributed by atoms with Crippen LogP contribution in [0.1, 0.15) is 71.8 Å². The standard InChI is InChI=1S/C20H31NO2.C3H6O.C2H6.CH2O/c1-3-10-18-11-12-19(20(17-18)22-2)23-16-9-8-15-21-13-6-4-5-7-14-21;1-3(2)4;2*1-2/h3,10-12,17H,4-9,13-16H2,1-2H3;4H,1H2,2H3;1-2H3;1H2/b10-3+;;;. The summed E-state index contributed by atoms with van der Waals surface area (Å²) in [7, 11) is 1.70. The second-order valence-electron chi connectivity index (χ2n) is 6.96. The number of hydrogen-bond donors (Lipinski definition) is 1. The summed E-state index contributed by atoms with van der Waals surface area (Å²) in [4.78, 5) is 10.6. The first-order valence-electron chi connectivity index (χ1n) is 11.4. The largest absolute Gasteiger partial charge is 0.513 e. The Bertz CT molecular complexity index is 575. The van der Waals surface area contributed by atoms with E-state index in [1.807, 2.05) is 45.8 Å². The van der Waals surface area contributed by atoms with Crippen molar-refractivity contribution in [1.29, 1.82) is 0 Å². The fourth-order valence-electron chi connectivity index (χ4n) is 3.08. The fraction of sp³-hybridized carbons (Fsp3) is 0.577. The summed E-state index contributed by atoms with van der Waals surface area (Å²) in [6, 6.07) is 6.09. The summed E-state index contributed by atoms with van der Waals surface area (Å²) in [6.07, 6.45) is 11.9. The molecule has 5 nitrogen and oxygen atoms in total. The van der Waals surface area contributed by atoms with Gasteiger partial charge in [-0.2, -0.15) is 0 Å². The number of rotatable bonds is 8. The maximum Gasteiger partial charge on any atom is 0.161 e. The average molecular weight is 436 g/mol. The van der Waals surface area contributed by atoms with E-state index >= 15 is 0 Å². The molecule has 1 N–H and O–H groups in total. The van der Waals surface area contributed by atoms with Crippen LogP contribution < -0.4 is 9.47 Å². The highest BCUT2D eigenvalue weighted by Crippen LogP contribution is 2.28. The van der Waals surface area contributed by atoms with Crippen LogP contribution in [0.15, 0.2) is 36.6 Å². The summed E-state index contributed by atoms with van der Waals surface area (Å²) in [5, 5.41) is 7.86. The van der Waals surface area contributed by atoms with Crippen molar-refractivity contribution < 1.29 is 19.4 Å². The molecule has 0 radical (unpaired) electrons. The molecule has 1 aromatic carbocycles. The second kappa shape index (κ2) is 22.4. The Morgan fingerprint density at radius 2 is 1.68 bits per heavy atom. The van der Waals surface area contributed by atoms with Crippen molar-refractivity contribution in [3.63, 3.8) is 0 Å². The SMILES string of the molecule is C/C=C/c1ccc(OCCCCN2CCCCCC2)c(OC)c1.C=C(C)O.C=O.CC. The van der Waals surface area contributed by atoms with Crippen molar-refractivity contribution in [2.24, 2.45) is 0 Å². The summed E-state index contributed by atoms with van der Waals surface area (Å²) < 4.78 is 11.3. The Labute approximate surface area is 190 Å². The van der Waals surface area contributed by atoms with Gasteiger partial charge in [-0.3, -0.25) is 0 Å². The van der Waals surface area contributed by atoms with E-state index in [-0.39, 0.29) is 5.76 Å². The number of allylic oxidation sites excluding steroid dienone is 2. The third-order valence-corrected chi connectivity index (χ3v) is 4.37. The number of unbranched alkanes of at least 4 members (excludes halogenated alkanes) is 1. The number of methoxy groups -OCH3 is 1. The number of likely N-dealkylation sites (tertiary alicyclic amines) is 1. The zero-order chi connectivity index (χ0) is 23.9. The van der Waals surface area contributed by atoms with Crippen molar-refractivity contribution in [1.82, 2.24) is 4.90 Å². The number of benzene rings is 1. The van der Waals surface area contributed by atoms with E-state index in [4.69, 9.17) is 19.4 Å². The molecule has 0 atom stereocenters. The topological polar surface area (TPSA) is 59.0 Å². The quantitative estimate of drug-likeness (QED) is 0.364. The molecule has 178 valence electrons. The Balaban J connectivity index is 0. The van der Waals surface area contributed by atoms with Gasteiger partial charge in [0, 0.05) is 0 Å². The third kappa shape index (κ3) is 17.1. The lowest BCUT2D eigenvalue weighted by Crippen LogP contribution is -2.25. The number of aliphatic hydroxyl groups is 1. The molecule has 0 unspecified atom stereocenters. The van der Waals surface area contributed by atoms with E-state index in [1.54, 1.807) is 7.11 Å². The Morgan fingerprint density at radius 1 is 1.10 bits per heavy atom. The van der Waals surface area contributed by atoms with E-state index < -0.39 is 0 Å². The van der Waals surface area contributed by atoms with Gasteiger partial charge in [-0.1, -0.05) is 51.5 Å². The lowest BCUT2D eigenvalue weighted by molar-refractivity contribution is -0.0979. The van der Waals surface area contributed by atoms with Crippen molar-refractivity contribution in [3.05, 3.63) is 42.2 Å². The molecule has 1 fully saturated rings. The van der Waals surface area contributed by atoms with E-state index in [2.05, 4.69) is 23.6 Å². The molecule has 0 aromatic heterocycles. The number of carbonyl (C=O) groups excluding carboxylic acids is 1. The van der Waals surface area contributed by atoms with Gasteiger partial charge >= 0.3 is 0 Å². The van der Waals surface area contributed by atoms with Crippen LogP contribution in [0.25, 0.3) is 6.08 Å². The van der Waals surface area contributed by atoms with Gasteiger partial charge in [0.05, 0.1) is 19.5 Å². The van der Waals surface area contributed by atoms with E-state index in [1.165, 1.54) is 58.7 Å².